The number of esters is 2. The van der Waals surface area contributed by atoms with Crippen molar-refractivity contribution in [2.45, 2.75) is 0 Å². The molecule has 0 unspecified atom stereocenters. The van der Waals surface area contributed by atoms with Crippen LogP contribution in [0.3, 0.4) is 0 Å². The van der Waals surface area contributed by atoms with Gasteiger partial charge in [-0.25, -0.2) is 9.59 Å². The van der Waals surface area contributed by atoms with Gasteiger partial charge in [-0.05, 0) is 23.6 Å². The molecule has 0 aliphatic carbocycles. The van der Waals surface area contributed by atoms with Crippen molar-refractivity contribution in [1.29, 1.82) is 0 Å². The number of benzene rings is 1. The second-order valence-corrected chi connectivity index (χ2v) is 4.94. The van der Waals surface area contributed by atoms with Gasteiger partial charge in [0, 0.05) is 5.38 Å². The SMILES string of the molecule is COC(=O)COC(=O)c1ccccc1NC(=O)c1ccsc1. The van der Waals surface area contributed by atoms with Gasteiger partial charge in [0.25, 0.3) is 5.91 Å². The van der Waals surface area contributed by atoms with E-state index in [1.54, 1.807) is 35.0 Å². The Morgan fingerprint density at radius 3 is 2.64 bits per heavy atom. The third-order valence-corrected chi connectivity index (χ3v) is 3.41. The minimum atomic E-state index is -0.716. The first-order valence-electron chi connectivity index (χ1n) is 6.28. The van der Waals surface area contributed by atoms with E-state index in [0.29, 0.717) is 11.3 Å². The molecule has 0 bridgehead atoms. The fraction of sp³-hybridized carbons (Fsp3) is 0.133. The van der Waals surface area contributed by atoms with Crippen molar-refractivity contribution < 1.29 is 23.9 Å². The number of nitrogens with one attached hydrogen (secondary N) is 1. The maximum atomic E-state index is 12.0. The Bertz CT molecular complexity index is 681. The number of anilines is 1. The highest BCUT2D eigenvalue weighted by molar-refractivity contribution is 7.08. The molecule has 2 rings (SSSR count). The Morgan fingerprint density at radius 1 is 1.18 bits per heavy atom. The summed E-state index contributed by atoms with van der Waals surface area (Å²) in [6.45, 7) is -0.484. The lowest BCUT2D eigenvalue weighted by molar-refractivity contribution is -0.144. The van der Waals surface area contributed by atoms with Crippen molar-refractivity contribution in [3.05, 3.63) is 52.2 Å². The van der Waals surface area contributed by atoms with Gasteiger partial charge in [-0.2, -0.15) is 11.3 Å². The lowest BCUT2D eigenvalue weighted by atomic mass is 10.1. The Hall–Kier alpha value is -2.67. The molecule has 0 saturated carbocycles. The quantitative estimate of drug-likeness (QED) is 0.855. The van der Waals surface area contributed by atoms with Crippen LogP contribution >= 0.6 is 11.3 Å². The van der Waals surface area contributed by atoms with Gasteiger partial charge < -0.3 is 14.8 Å². The number of hydrogen-bond donors (Lipinski definition) is 1. The van der Waals surface area contributed by atoms with Crippen LogP contribution < -0.4 is 5.32 Å². The number of methoxy groups -OCH3 is 1. The molecule has 7 heteroatoms. The molecular weight excluding hydrogens is 306 g/mol. The maximum Gasteiger partial charge on any atom is 0.344 e. The molecule has 0 spiro atoms. The lowest BCUT2D eigenvalue weighted by Gasteiger charge is -2.10. The van der Waals surface area contributed by atoms with Gasteiger partial charge in [0.15, 0.2) is 6.61 Å². The molecule has 0 aliphatic heterocycles. The third kappa shape index (κ3) is 3.92. The second-order valence-electron chi connectivity index (χ2n) is 4.16. The van der Waals surface area contributed by atoms with Gasteiger partial charge in [-0.15, -0.1) is 0 Å². The van der Waals surface area contributed by atoms with Gasteiger partial charge in [0.05, 0.1) is 23.9 Å². The zero-order valence-corrected chi connectivity index (χ0v) is 12.5. The molecule has 114 valence electrons. The van der Waals surface area contributed by atoms with E-state index in [1.807, 2.05) is 0 Å². The lowest BCUT2D eigenvalue weighted by Crippen LogP contribution is -2.18. The number of carbonyl (C=O) groups excluding carboxylic acids is 3. The summed E-state index contributed by atoms with van der Waals surface area (Å²) in [6, 6.07) is 8.08. The fourth-order valence-corrected chi connectivity index (χ4v) is 2.26. The van der Waals surface area contributed by atoms with E-state index in [4.69, 9.17) is 4.74 Å². The first kappa shape index (κ1) is 15.7. The normalized spacial score (nSPS) is 9.86. The van der Waals surface area contributed by atoms with Crippen molar-refractivity contribution >= 4 is 34.9 Å². The predicted octanol–water partition coefficient (Wildman–Crippen LogP) is 2.33. The van der Waals surface area contributed by atoms with E-state index < -0.39 is 18.5 Å². The summed E-state index contributed by atoms with van der Waals surface area (Å²) in [4.78, 5) is 35.0. The molecule has 0 saturated heterocycles. The van der Waals surface area contributed by atoms with Gasteiger partial charge in [0.2, 0.25) is 0 Å². The highest BCUT2D eigenvalue weighted by atomic mass is 32.1. The monoisotopic (exact) mass is 319 g/mol. The fourth-order valence-electron chi connectivity index (χ4n) is 1.62. The first-order valence-corrected chi connectivity index (χ1v) is 7.22. The second kappa shape index (κ2) is 7.37. The Morgan fingerprint density at radius 2 is 1.95 bits per heavy atom. The maximum absolute atomic E-state index is 12.0. The van der Waals surface area contributed by atoms with E-state index in [-0.39, 0.29) is 11.5 Å². The molecule has 1 N–H and O–H groups in total. The van der Waals surface area contributed by atoms with E-state index in [1.165, 1.54) is 24.5 Å². The largest absolute Gasteiger partial charge is 0.466 e. The van der Waals surface area contributed by atoms with Crippen molar-refractivity contribution in [3.63, 3.8) is 0 Å². The van der Waals surface area contributed by atoms with Crippen LogP contribution in [0.2, 0.25) is 0 Å². The summed E-state index contributed by atoms with van der Waals surface area (Å²) in [7, 11) is 1.20. The summed E-state index contributed by atoms with van der Waals surface area (Å²) < 4.78 is 9.23. The summed E-state index contributed by atoms with van der Waals surface area (Å²) in [5.74, 6) is -1.70. The van der Waals surface area contributed by atoms with Crippen LogP contribution in [-0.4, -0.2) is 31.6 Å². The van der Waals surface area contributed by atoms with Crippen molar-refractivity contribution in [3.8, 4) is 0 Å². The van der Waals surface area contributed by atoms with Gasteiger partial charge in [-0.1, -0.05) is 12.1 Å². The zero-order valence-electron chi connectivity index (χ0n) is 11.7. The molecule has 22 heavy (non-hydrogen) atoms. The molecule has 1 aromatic heterocycles. The Labute approximate surface area is 130 Å². The average Bonchev–Trinajstić information content (AvgIpc) is 3.07. The van der Waals surface area contributed by atoms with Crippen LogP contribution in [0.15, 0.2) is 41.1 Å². The Kier molecular flexibility index (Phi) is 5.26. The number of hydrogen-bond acceptors (Lipinski definition) is 6. The summed E-state index contributed by atoms with van der Waals surface area (Å²) >= 11 is 1.40. The zero-order chi connectivity index (χ0) is 15.9. The van der Waals surface area contributed by atoms with Crippen LogP contribution in [0.1, 0.15) is 20.7 Å². The number of rotatable bonds is 5. The van der Waals surface area contributed by atoms with Gasteiger partial charge in [-0.3, -0.25) is 4.79 Å². The highest BCUT2D eigenvalue weighted by Gasteiger charge is 2.16. The molecule has 1 aromatic carbocycles. The Balaban J connectivity index is 2.11. The molecule has 0 radical (unpaired) electrons. The summed E-state index contributed by atoms with van der Waals surface area (Å²) in [5.41, 5.74) is 0.978. The third-order valence-electron chi connectivity index (χ3n) is 2.73. The highest BCUT2D eigenvalue weighted by Crippen LogP contribution is 2.18. The van der Waals surface area contributed by atoms with Crippen LogP contribution in [-0.2, 0) is 14.3 Å². The summed E-state index contributed by atoms with van der Waals surface area (Å²) in [6.07, 6.45) is 0. The molecule has 1 heterocycles. The molecule has 0 atom stereocenters. The van der Waals surface area contributed by atoms with Crippen molar-refractivity contribution in [2.24, 2.45) is 0 Å². The standard InChI is InChI=1S/C15H13NO5S/c1-20-13(17)8-21-15(19)11-4-2-3-5-12(11)16-14(18)10-6-7-22-9-10/h2-7,9H,8H2,1H3,(H,16,18). The molecular formula is C15H13NO5S. The van der Waals surface area contributed by atoms with Crippen LogP contribution in [0.25, 0.3) is 0 Å². The van der Waals surface area contributed by atoms with Gasteiger partial charge >= 0.3 is 11.9 Å². The van der Waals surface area contributed by atoms with Crippen LogP contribution in [0, 0.1) is 0 Å². The number of carbonyl (C=O) groups is 3. The van der Waals surface area contributed by atoms with E-state index in [2.05, 4.69) is 10.1 Å². The number of para-hydroxylation sites is 1. The number of thiophene rings is 1. The minimum absolute atomic E-state index is 0.162. The molecule has 2 aromatic rings. The smallest absolute Gasteiger partial charge is 0.344 e. The van der Waals surface area contributed by atoms with E-state index in [9.17, 15) is 14.4 Å². The number of ether oxygens (including phenoxy) is 2. The van der Waals surface area contributed by atoms with E-state index in [0.717, 1.165) is 0 Å². The van der Waals surface area contributed by atoms with Crippen LogP contribution in [0.4, 0.5) is 5.69 Å². The van der Waals surface area contributed by atoms with Crippen molar-refractivity contribution in [2.75, 3.05) is 19.0 Å². The topological polar surface area (TPSA) is 81.7 Å². The summed E-state index contributed by atoms with van der Waals surface area (Å²) in [5, 5.41) is 6.13. The van der Waals surface area contributed by atoms with Crippen molar-refractivity contribution in [1.82, 2.24) is 0 Å². The van der Waals surface area contributed by atoms with Crippen LogP contribution in [0.5, 0.6) is 0 Å². The first-order chi connectivity index (χ1) is 10.6. The molecule has 0 fully saturated rings. The van der Waals surface area contributed by atoms with E-state index >= 15 is 0 Å². The molecule has 6 nitrogen and oxygen atoms in total. The predicted molar refractivity (Wildman–Crippen MR) is 81.0 cm³/mol. The minimum Gasteiger partial charge on any atom is -0.466 e. The average molecular weight is 319 g/mol. The number of amides is 1. The van der Waals surface area contributed by atoms with Gasteiger partial charge in [0.1, 0.15) is 0 Å². The molecule has 1 amide bonds. The molecule has 0 aliphatic rings.